The fourth-order valence-electron chi connectivity index (χ4n) is 3.79. The molecule has 31 heavy (non-hydrogen) atoms. The van der Waals surface area contributed by atoms with Crippen molar-refractivity contribution in [3.05, 3.63) is 93.8 Å². The number of allylic oxidation sites excluding steroid dienone is 1. The van der Waals surface area contributed by atoms with Crippen molar-refractivity contribution in [2.75, 3.05) is 6.79 Å². The summed E-state index contributed by atoms with van der Waals surface area (Å²) in [7, 11) is 0. The van der Waals surface area contributed by atoms with Crippen LogP contribution in [0.25, 0.3) is 0 Å². The van der Waals surface area contributed by atoms with Gasteiger partial charge in [-0.2, -0.15) is 5.26 Å². The molecule has 2 heterocycles. The van der Waals surface area contributed by atoms with Crippen LogP contribution < -0.4 is 24.7 Å². The van der Waals surface area contributed by atoms with Crippen molar-refractivity contribution in [2.24, 2.45) is 5.73 Å². The predicted octanol–water partition coefficient (Wildman–Crippen LogP) is 4.87. The highest BCUT2D eigenvalue weighted by molar-refractivity contribution is 6.31. The second-order valence-corrected chi connectivity index (χ2v) is 7.49. The van der Waals surface area contributed by atoms with Gasteiger partial charge < -0.3 is 24.7 Å². The van der Waals surface area contributed by atoms with Gasteiger partial charge in [-0.05, 0) is 18.2 Å². The molecule has 1 atom stereocenters. The summed E-state index contributed by atoms with van der Waals surface area (Å²) < 4.78 is 22.9. The Balaban J connectivity index is 1.58. The first-order chi connectivity index (χ1) is 15.2. The monoisotopic (exact) mass is 432 g/mol. The standard InChI is InChI=1S/C24H17ClN2O4/c25-18-7-3-1-5-14(18)12-28-19-8-4-2-6-15(19)23-16-9-21-22(30-13-29-21)10-20(16)31-24(27)17(23)11-26/h1-10,23H,12-13,27H2/t23-/m0/s1. The summed E-state index contributed by atoms with van der Waals surface area (Å²) in [5, 5.41) is 10.5. The van der Waals surface area contributed by atoms with Crippen molar-refractivity contribution in [3.8, 4) is 29.1 Å². The van der Waals surface area contributed by atoms with Gasteiger partial charge in [-0.1, -0.05) is 48.0 Å². The lowest BCUT2D eigenvalue weighted by Crippen LogP contribution is -2.21. The number of ether oxygens (including phenoxy) is 4. The number of hydrogen-bond acceptors (Lipinski definition) is 6. The first-order valence-electron chi connectivity index (χ1n) is 9.62. The number of hydrogen-bond donors (Lipinski definition) is 1. The average Bonchev–Trinajstić information content (AvgIpc) is 3.24. The molecule has 0 fully saturated rings. The Hall–Kier alpha value is -3.82. The van der Waals surface area contributed by atoms with E-state index in [-0.39, 0.29) is 19.3 Å². The maximum atomic E-state index is 9.87. The minimum atomic E-state index is -0.481. The zero-order chi connectivity index (χ0) is 21.4. The highest BCUT2D eigenvalue weighted by Gasteiger charge is 2.34. The van der Waals surface area contributed by atoms with Gasteiger partial charge in [-0.25, -0.2) is 0 Å². The van der Waals surface area contributed by atoms with E-state index in [1.54, 1.807) is 6.07 Å². The van der Waals surface area contributed by atoms with E-state index in [0.717, 1.165) is 16.7 Å². The quantitative estimate of drug-likeness (QED) is 0.633. The van der Waals surface area contributed by atoms with Crippen molar-refractivity contribution in [1.29, 1.82) is 5.26 Å². The number of nitrogens with zero attached hydrogens (tertiary/aromatic N) is 1. The van der Waals surface area contributed by atoms with E-state index < -0.39 is 5.92 Å². The molecule has 3 aromatic rings. The first kappa shape index (κ1) is 19.2. The zero-order valence-electron chi connectivity index (χ0n) is 16.3. The zero-order valence-corrected chi connectivity index (χ0v) is 17.1. The van der Waals surface area contributed by atoms with Crippen LogP contribution in [0.4, 0.5) is 0 Å². The second kappa shape index (κ2) is 7.78. The van der Waals surface area contributed by atoms with Gasteiger partial charge >= 0.3 is 0 Å². The minimum Gasteiger partial charge on any atom is -0.489 e. The van der Waals surface area contributed by atoms with E-state index in [4.69, 9.17) is 36.3 Å². The Morgan fingerprint density at radius 2 is 1.74 bits per heavy atom. The van der Waals surface area contributed by atoms with Crippen molar-refractivity contribution in [3.63, 3.8) is 0 Å². The number of nitrogens with two attached hydrogens (primary N) is 1. The van der Waals surface area contributed by atoms with E-state index in [0.29, 0.717) is 33.6 Å². The SMILES string of the molecule is N#CC1=C(N)Oc2cc3c(cc2[C@@H]1c1ccccc1OCc1ccccc1Cl)OCO3. The molecule has 0 aliphatic carbocycles. The van der Waals surface area contributed by atoms with Gasteiger partial charge in [0.15, 0.2) is 11.5 Å². The van der Waals surface area contributed by atoms with Gasteiger partial charge in [-0.15, -0.1) is 0 Å². The number of para-hydroxylation sites is 1. The molecule has 2 aliphatic heterocycles. The van der Waals surface area contributed by atoms with Crippen LogP contribution in [0.15, 0.2) is 72.1 Å². The Morgan fingerprint density at radius 3 is 2.55 bits per heavy atom. The topological polar surface area (TPSA) is 86.7 Å². The first-order valence-corrected chi connectivity index (χ1v) is 9.99. The highest BCUT2D eigenvalue weighted by atomic mass is 35.5. The Morgan fingerprint density at radius 1 is 1.00 bits per heavy atom. The predicted molar refractivity (Wildman–Crippen MR) is 114 cm³/mol. The third-order valence-corrected chi connectivity index (χ3v) is 5.65. The van der Waals surface area contributed by atoms with E-state index in [1.165, 1.54) is 0 Å². The van der Waals surface area contributed by atoms with Gasteiger partial charge in [0.05, 0.1) is 5.92 Å². The van der Waals surface area contributed by atoms with Gasteiger partial charge in [0.25, 0.3) is 0 Å². The smallest absolute Gasteiger partial charge is 0.231 e. The molecule has 0 amide bonds. The summed E-state index contributed by atoms with van der Waals surface area (Å²) in [5.41, 5.74) is 8.83. The number of benzene rings is 3. The molecule has 0 spiro atoms. The van der Waals surface area contributed by atoms with Gasteiger partial charge in [0, 0.05) is 27.8 Å². The fourth-order valence-corrected chi connectivity index (χ4v) is 3.98. The summed E-state index contributed by atoms with van der Waals surface area (Å²) in [4.78, 5) is 0. The Kier molecular flexibility index (Phi) is 4.81. The summed E-state index contributed by atoms with van der Waals surface area (Å²) in [6.07, 6.45) is 0. The molecule has 0 radical (unpaired) electrons. The van der Waals surface area contributed by atoms with Gasteiger partial charge in [0.2, 0.25) is 12.7 Å². The third-order valence-electron chi connectivity index (χ3n) is 5.28. The van der Waals surface area contributed by atoms with E-state index in [1.807, 2.05) is 54.6 Å². The van der Waals surface area contributed by atoms with Crippen molar-refractivity contribution in [1.82, 2.24) is 0 Å². The minimum absolute atomic E-state index is 0.0553. The Labute approximate surface area is 184 Å². The fraction of sp³-hybridized carbons (Fsp3) is 0.125. The van der Waals surface area contributed by atoms with E-state index in [9.17, 15) is 5.26 Å². The lowest BCUT2D eigenvalue weighted by Gasteiger charge is -2.28. The van der Waals surface area contributed by atoms with Crippen LogP contribution in [0.1, 0.15) is 22.6 Å². The van der Waals surface area contributed by atoms with Crippen LogP contribution in [-0.4, -0.2) is 6.79 Å². The number of fused-ring (bicyclic) bond motifs is 2. The van der Waals surface area contributed by atoms with Crippen molar-refractivity contribution < 1.29 is 18.9 Å². The van der Waals surface area contributed by atoms with Gasteiger partial charge in [0.1, 0.15) is 29.7 Å². The van der Waals surface area contributed by atoms with Crippen molar-refractivity contribution in [2.45, 2.75) is 12.5 Å². The average molecular weight is 433 g/mol. The van der Waals surface area contributed by atoms with Crippen LogP contribution in [0, 0.1) is 11.3 Å². The van der Waals surface area contributed by atoms with Crippen LogP contribution in [0.2, 0.25) is 5.02 Å². The summed E-state index contributed by atoms with van der Waals surface area (Å²) in [5.74, 6) is 1.89. The van der Waals surface area contributed by atoms with Crippen molar-refractivity contribution >= 4 is 11.6 Å². The second-order valence-electron chi connectivity index (χ2n) is 7.09. The molecular formula is C24H17ClN2O4. The molecule has 0 saturated heterocycles. The normalized spacial score (nSPS) is 16.3. The lowest BCUT2D eigenvalue weighted by atomic mass is 9.83. The molecule has 0 bridgehead atoms. The Bertz CT molecular complexity index is 1250. The molecule has 7 heteroatoms. The largest absolute Gasteiger partial charge is 0.489 e. The molecule has 154 valence electrons. The molecular weight excluding hydrogens is 416 g/mol. The number of rotatable bonds is 4. The van der Waals surface area contributed by atoms with Crippen LogP contribution in [0.5, 0.6) is 23.0 Å². The van der Waals surface area contributed by atoms with Crippen LogP contribution in [0.3, 0.4) is 0 Å². The summed E-state index contributed by atoms with van der Waals surface area (Å²) in [6, 6.07) is 20.8. The number of halogens is 1. The molecule has 5 rings (SSSR count). The van der Waals surface area contributed by atoms with E-state index in [2.05, 4.69) is 6.07 Å². The summed E-state index contributed by atoms with van der Waals surface area (Å²) in [6.45, 7) is 0.420. The molecule has 6 nitrogen and oxygen atoms in total. The molecule has 0 unspecified atom stereocenters. The maximum Gasteiger partial charge on any atom is 0.231 e. The molecule has 2 aliphatic rings. The van der Waals surface area contributed by atoms with Gasteiger partial charge in [-0.3, -0.25) is 0 Å². The van der Waals surface area contributed by atoms with Crippen LogP contribution >= 0.6 is 11.6 Å². The molecule has 2 N–H and O–H groups in total. The van der Waals surface area contributed by atoms with E-state index >= 15 is 0 Å². The molecule has 0 saturated carbocycles. The molecule has 3 aromatic carbocycles. The lowest BCUT2D eigenvalue weighted by molar-refractivity contribution is 0.174. The summed E-state index contributed by atoms with van der Waals surface area (Å²) >= 11 is 6.28. The maximum absolute atomic E-state index is 9.87. The van der Waals surface area contributed by atoms with Crippen LogP contribution in [-0.2, 0) is 6.61 Å². The third kappa shape index (κ3) is 3.39. The number of nitriles is 1. The highest BCUT2D eigenvalue weighted by Crippen LogP contribution is 2.49. The molecule has 0 aromatic heterocycles.